The van der Waals surface area contributed by atoms with Crippen molar-refractivity contribution in [3.63, 3.8) is 0 Å². The molecule has 1 aliphatic heterocycles. The molecule has 3 N–H and O–H groups in total. The average Bonchev–Trinajstić information content (AvgIpc) is 3.03. The summed E-state index contributed by atoms with van der Waals surface area (Å²) in [7, 11) is -3.89. The Hall–Kier alpha value is -3.71. The van der Waals surface area contributed by atoms with Crippen molar-refractivity contribution < 1.29 is 31.9 Å². The lowest BCUT2D eigenvalue weighted by atomic mass is 9.94. The van der Waals surface area contributed by atoms with E-state index in [1.165, 1.54) is 16.4 Å². The van der Waals surface area contributed by atoms with Crippen molar-refractivity contribution in [1.29, 1.82) is 0 Å². The second-order valence-corrected chi connectivity index (χ2v) is 14.0. The first kappa shape index (κ1) is 36.1. The van der Waals surface area contributed by atoms with E-state index in [0.717, 1.165) is 31.0 Å². The highest BCUT2D eigenvalue weighted by molar-refractivity contribution is 7.89. The molecule has 1 unspecified atom stereocenters. The molecule has 1 aliphatic rings. The van der Waals surface area contributed by atoms with E-state index in [0.29, 0.717) is 29.8 Å². The molecular weight excluding hydrogens is 626 g/mol. The normalized spacial score (nSPS) is 16.8. The fraction of sp³-hybridized carbons (Fsp3) is 0.429. The highest BCUT2D eigenvalue weighted by Crippen LogP contribution is 2.23. The summed E-state index contributed by atoms with van der Waals surface area (Å²) in [5.41, 5.74) is 2.01. The molecule has 1 saturated heterocycles. The van der Waals surface area contributed by atoms with Gasteiger partial charge in [0.15, 0.2) is 0 Å². The van der Waals surface area contributed by atoms with Crippen LogP contribution in [0.3, 0.4) is 0 Å². The first-order chi connectivity index (χ1) is 22.3. The molecule has 0 aliphatic carbocycles. The minimum absolute atomic E-state index is 0.102. The van der Waals surface area contributed by atoms with E-state index in [9.17, 15) is 31.9 Å². The number of halogens is 2. The summed E-state index contributed by atoms with van der Waals surface area (Å²) < 4.78 is 56.7. The number of nitrogens with one attached hydrogen (secondary N) is 2. The zero-order valence-electron chi connectivity index (χ0n) is 27.3. The summed E-state index contributed by atoms with van der Waals surface area (Å²) in [5.74, 6) is -2.41. The van der Waals surface area contributed by atoms with Gasteiger partial charge in [0.1, 0.15) is 11.6 Å². The molecule has 0 spiro atoms. The van der Waals surface area contributed by atoms with E-state index >= 15 is 0 Å². The monoisotopic (exact) mass is 670 g/mol. The van der Waals surface area contributed by atoms with Gasteiger partial charge in [-0.1, -0.05) is 32.0 Å². The van der Waals surface area contributed by atoms with Gasteiger partial charge in [-0.05, 0) is 86.2 Å². The van der Waals surface area contributed by atoms with Gasteiger partial charge >= 0.3 is 0 Å². The number of aryl methyl sites for hydroxylation is 2. The van der Waals surface area contributed by atoms with Crippen LogP contribution in [-0.4, -0.2) is 85.5 Å². The summed E-state index contributed by atoms with van der Waals surface area (Å²) in [6.07, 6.45) is 0.0483. The number of rotatable bonds is 13. The van der Waals surface area contributed by atoms with Crippen molar-refractivity contribution in [3.05, 3.63) is 100 Å². The van der Waals surface area contributed by atoms with Crippen LogP contribution >= 0.6 is 0 Å². The standard InChI is InChI=1S/C35H44F2N4O5S/c1-5-12-40(13-6-2)35(44)27-16-23(3)15-26(20-27)34(43)39-30(19-25-17-28(36)21-29(37)18-25)33(42)31-22-41(14-11-38-31)47(45,46)32-10-8-7-9-24(32)4/h7-10,15-18,20-21,30-31,33,38,42H,5-6,11-14,19,22H2,1-4H3,(H,39,43)/t30-,31+,33?/m0/s1. The third-order valence-corrected chi connectivity index (χ3v) is 10.3. The van der Waals surface area contributed by atoms with E-state index in [1.54, 1.807) is 49.1 Å². The van der Waals surface area contributed by atoms with Crippen LogP contribution in [-0.2, 0) is 16.4 Å². The lowest BCUT2D eigenvalue weighted by Crippen LogP contribution is -2.62. The van der Waals surface area contributed by atoms with E-state index in [2.05, 4.69) is 10.6 Å². The van der Waals surface area contributed by atoms with Crippen LogP contribution in [0.25, 0.3) is 0 Å². The number of benzene rings is 3. The predicted molar refractivity (Wildman–Crippen MR) is 177 cm³/mol. The Morgan fingerprint density at radius 1 is 1.00 bits per heavy atom. The smallest absolute Gasteiger partial charge is 0.253 e. The molecule has 3 aromatic rings. The van der Waals surface area contributed by atoms with Crippen molar-refractivity contribution in [2.75, 3.05) is 32.7 Å². The maximum Gasteiger partial charge on any atom is 0.253 e. The Morgan fingerprint density at radius 3 is 2.28 bits per heavy atom. The van der Waals surface area contributed by atoms with E-state index < -0.39 is 45.8 Å². The molecule has 1 fully saturated rings. The van der Waals surface area contributed by atoms with E-state index in [1.807, 2.05) is 13.8 Å². The number of carbonyl (C=O) groups excluding carboxylic acids is 2. The maximum atomic E-state index is 14.2. The first-order valence-corrected chi connectivity index (χ1v) is 17.4. The largest absolute Gasteiger partial charge is 0.389 e. The second kappa shape index (κ2) is 15.9. The molecule has 12 heteroatoms. The Balaban J connectivity index is 1.62. The fourth-order valence-electron chi connectivity index (χ4n) is 6.03. The number of hydrogen-bond acceptors (Lipinski definition) is 6. The first-order valence-electron chi connectivity index (χ1n) is 16.0. The molecule has 3 atom stereocenters. The molecule has 0 bridgehead atoms. The van der Waals surface area contributed by atoms with Crippen LogP contribution in [0.2, 0.25) is 0 Å². The summed E-state index contributed by atoms with van der Waals surface area (Å²) in [4.78, 5) is 29.0. The Morgan fingerprint density at radius 2 is 1.64 bits per heavy atom. The van der Waals surface area contributed by atoms with Gasteiger partial charge in [-0.15, -0.1) is 0 Å². The third-order valence-electron chi connectivity index (χ3n) is 8.26. The van der Waals surface area contributed by atoms with Crippen LogP contribution in [0.15, 0.2) is 65.6 Å². The molecule has 9 nitrogen and oxygen atoms in total. The highest BCUT2D eigenvalue weighted by atomic mass is 32.2. The van der Waals surface area contributed by atoms with Crippen molar-refractivity contribution in [2.24, 2.45) is 0 Å². The minimum Gasteiger partial charge on any atom is -0.389 e. The zero-order valence-corrected chi connectivity index (χ0v) is 28.1. The number of aliphatic hydroxyl groups is 1. The molecular formula is C35H44F2N4O5S. The van der Waals surface area contributed by atoms with Gasteiger partial charge in [0.2, 0.25) is 10.0 Å². The van der Waals surface area contributed by atoms with Gasteiger partial charge in [-0.25, -0.2) is 17.2 Å². The topological polar surface area (TPSA) is 119 Å². The van der Waals surface area contributed by atoms with Gasteiger partial charge in [-0.2, -0.15) is 4.31 Å². The van der Waals surface area contributed by atoms with Crippen LogP contribution in [0.1, 0.15) is 64.1 Å². The SMILES string of the molecule is CCCN(CCC)C(=O)c1cc(C)cc(C(=O)N[C@@H](Cc2cc(F)cc(F)c2)C(O)[C@H]2CN(S(=O)(=O)c3ccccc3C)CCN2)c1. The highest BCUT2D eigenvalue weighted by Gasteiger charge is 2.37. The number of hydrogen-bond donors (Lipinski definition) is 3. The number of amides is 2. The molecule has 254 valence electrons. The Labute approximate surface area is 276 Å². The van der Waals surface area contributed by atoms with Crippen molar-refractivity contribution in [3.8, 4) is 0 Å². The maximum absolute atomic E-state index is 14.2. The van der Waals surface area contributed by atoms with Crippen molar-refractivity contribution in [2.45, 2.75) is 70.0 Å². The number of nitrogens with zero attached hydrogens (tertiary/aromatic N) is 2. The molecule has 2 amide bonds. The summed E-state index contributed by atoms with van der Waals surface area (Å²) >= 11 is 0. The molecule has 1 heterocycles. The number of carbonyl (C=O) groups is 2. The van der Waals surface area contributed by atoms with Gasteiger partial charge in [0.05, 0.1) is 17.0 Å². The molecule has 3 aromatic carbocycles. The zero-order chi connectivity index (χ0) is 34.3. The summed E-state index contributed by atoms with van der Waals surface area (Å²) in [5, 5.41) is 17.7. The average molecular weight is 671 g/mol. The predicted octanol–water partition coefficient (Wildman–Crippen LogP) is 4.21. The quantitative estimate of drug-likeness (QED) is 0.251. The number of sulfonamides is 1. The summed E-state index contributed by atoms with van der Waals surface area (Å²) in [6, 6.07) is 12.6. The van der Waals surface area contributed by atoms with Crippen LogP contribution in [0.5, 0.6) is 0 Å². The van der Waals surface area contributed by atoms with Crippen LogP contribution < -0.4 is 10.6 Å². The number of aliphatic hydroxyl groups excluding tert-OH is 1. The van der Waals surface area contributed by atoms with Crippen LogP contribution in [0.4, 0.5) is 8.78 Å². The Bertz CT molecular complexity index is 1660. The molecule has 0 saturated carbocycles. The molecule has 0 aromatic heterocycles. The lowest BCUT2D eigenvalue weighted by molar-refractivity contribution is 0.0600. The fourth-order valence-corrected chi connectivity index (χ4v) is 7.72. The molecule has 47 heavy (non-hydrogen) atoms. The lowest BCUT2D eigenvalue weighted by Gasteiger charge is -2.38. The third kappa shape index (κ3) is 9.01. The van der Waals surface area contributed by atoms with Crippen molar-refractivity contribution >= 4 is 21.8 Å². The van der Waals surface area contributed by atoms with E-state index in [-0.39, 0.29) is 48.0 Å². The van der Waals surface area contributed by atoms with E-state index in [4.69, 9.17) is 0 Å². The van der Waals surface area contributed by atoms with Gasteiger partial charge < -0.3 is 20.6 Å². The summed E-state index contributed by atoms with van der Waals surface area (Å²) in [6.45, 7) is 8.90. The molecule has 0 radical (unpaired) electrons. The Kier molecular flexibility index (Phi) is 12.2. The van der Waals surface area contributed by atoms with Crippen molar-refractivity contribution in [1.82, 2.24) is 19.8 Å². The van der Waals surface area contributed by atoms with Gasteiger partial charge in [-0.3, -0.25) is 9.59 Å². The minimum atomic E-state index is -3.89. The molecule has 4 rings (SSSR count). The second-order valence-electron chi connectivity index (χ2n) is 12.1. The van der Waals surface area contributed by atoms with Crippen LogP contribution in [0, 0.1) is 25.5 Å². The van der Waals surface area contributed by atoms with Gasteiger partial charge in [0, 0.05) is 56.0 Å². The van der Waals surface area contributed by atoms with Gasteiger partial charge in [0.25, 0.3) is 11.8 Å². The number of piperazine rings is 1.